The normalized spacial score (nSPS) is 18.0. The van der Waals surface area contributed by atoms with Gasteiger partial charge in [-0.25, -0.2) is 0 Å². The first-order chi connectivity index (χ1) is 10.1. The molecule has 1 aliphatic carbocycles. The third kappa shape index (κ3) is 4.42. The predicted octanol–water partition coefficient (Wildman–Crippen LogP) is 3.85. The largest absolute Gasteiger partial charge is 0.383 e. The van der Waals surface area contributed by atoms with Crippen molar-refractivity contribution in [2.75, 3.05) is 26.8 Å². The second-order valence-corrected chi connectivity index (χ2v) is 7.00. The fraction of sp³-hybridized carbons (Fsp3) is 0.625. The summed E-state index contributed by atoms with van der Waals surface area (Å²) < 4.78 is 6.21. The van der Waals surface area contributed by atoms with Gasteiger partial charge in [0.25, 0.3) is 0 Å². The van der Waals surface area contributed by atoms with E-state index in [9.17, 15) is 0 Å². The lowest BCUT2D eigenvalue weighted by molar-refractivity contribution is 0.0834. The molecule has 0 saturated heterocycles. The number of rotatable bonds is 8. The summed E-state index contributed by atoms with van der Waals surface area (Å²) in [7, 11) is 1.75. The number of hydrogen-bond acceptors (Lipinski definition) is 3. The summed E-state index contributed by atoms with van der Waals surface area (Å²) in [5, 5.41) is 0.730. The van der Waals surface area contributed by atoms with E-state index in [0.29, 0.717) is 12.6 Å². The van der Waals surface area contributed by atoms with Crippen molar-refractivity contribution in [3.8, 4) is 0 Å². The van der Waals surface area contributed by atoms with Crippen LogP contribution in [0.3, 0.4) is 0 Å². The van der Waals surface area contributed by atoms with Crippen LogP contribution in [0.25, 0.3) is 0 Å². The topological polar surface area (TPSA) is 38.5 Å². The standard InChI is InChI=1S/C16H24BrClN2O/c1-11(12-3-4-12)20(7-8-21-2)16(10-19)13-5-6-15(18)14(17)9-13/h5-6,9,11-12,16H,3-4,7-8,10,19H2,1-2H3. The number of halogens is 2. The number of ether oxygens (including phenoxy) is 1. The van der Waals surface area contributed by atoms with E-state index in [2.05, 4.69) is 39.9 Å². The molecule has 21 heavy (non-hydrogen) atoms. The molecule has 1 aromatic rings. The second kappa shape index (κ2) is 7.93. The molecule has 1 fully saturated rings. The average molecular weight is 376 g/mol. The van der Waals surface area contributed by atoms with Gasteiger partial charge in [-0.2, -0.15) is 0 Å². The van der Waals surface area contributed by atoms with Gasteiger partial charge in [0.1, 0.15) is 0 Å². The van der Waals surface area contributed by atoms with Crippen molar-refractivity contribution in [1.29, 1.82) is 0 Å². The first-order valence-electron chi connectivity index (χ1n) is 7.48. The van der Waals surface area contributed by atoms with Crippen molar-refractivity contribution in [1.82, 2.24) is 4.90 Å². The Bertz CT molecular complexity index is 468. The first-order valence-corrected chi connectivity index (χ1v) is 8.65. The van der Waals surface area contributed by atoms with E-state index in [0.717, 1.165) is 28.6 Å². The van der Waals surface area contributed by atoms with E-state index in [1.165, 1.54) is 18.4 Å². The number of benzene rings is 1. The molecule has 0 spiro atoms. The maximum atomic E-state index is 6.10. The molecule has 1 aliphatic rings. The molecule has 2 N–H and O–H groups in total. The fourth-order valence-electron chi connectivity index (χ4n) is 2.87. The van der Waals surface area contributed by atoms with Crippen molar-refractivity contribution in [3.63, 3.8) is 0 Å². The van der Waals surface area contributed by atoms with Crippen LogP contribution < -0.4 is 5.73 Å². The summed E-state index contributed by atoms with van der Waals surface area (Å²) in [6.07, 6.45) is 2.65. The highest BCUT2D eigenvalue weighted by Crippen LogP contribution is 2.38. The summed E-state index contributed by atoms with van der Waals surface area (Å²) in [6, 6.07) is 6.82. The van der Waals surface area contributed by atoms with Crippen molar-refractivity contribution < 1.29 is 4.74 Å². The van der Waals surface area contributed by atoms with Gasteiger partial charge < -0.3 is 10.5 Å². The van der Waals surface area contributed by atoms with Gasteiger partial charge in [0.2, 0.25) is 0 Å². The SMILES string of the molecule is COCCN(C(CN)c1ccc(Cl)c(Br)c1)C(C)C1CC1. The maximum Gasteiger partial charge on any atom is 0.0590 e. The van der Waals surface area contributed by atoms with Gasteiger partial charge in [-0.05, 0) is 59.3 Å². The zero-order valence-corrected chi connectivity index (χ0v) is 15.0. The molecule has 2 unspecified atom stereocenters. The summed E-state index contributed by atoms with van der Waals surface area (Å²) in [4.78, 5) is 2.48. The smallest absolute Gasteiger partial charge is 0.0590 e. The lowest BCUT2D eigenvalue weighted by atomic mass is 10.0. The Morgan fingerprint density at radius 3 is 2.71 bits per heavy atom. The molecule has 2 rings (SSSR count). The van der Waals surface area contributed by atoms with Crippen LogP contribution in [0.1, 0.15) is 31.4 Å². The zero-order valence-electron chi connectivity index (χ0n) is 12.7. The molecule has 0 heterocycles. The van der Waals surface area contributed by atoms with Crippen molar-refractivity contribution in [2.45, 2.75) is 31.8 Å². The van der Waals surface area contributed by atoms with Gasteiger partial charge in [-0.15, -0.1) is 0 Å². The van der Waals surface area contributed by atoms with E-state index in [-0.39, 0.29) is 6.04 Å². The van der Waals surface area contributed by atoms with Crippen LogP contribution in [0, 0.1) is 5.92 Å². The van der Waals surface area contributed by atoms with Gasteiger partial charge >= 0.3 is 0 Å². The fourth-order valence-corrected chi connectivity index (χ4v) is 3.39. The Hall–Kier alpha value is -0.130. The molecule has 0 amide bonds. The molecule has 5 heteroatoms. The van der Waals surface area contributed by atoms with E-state index in [4.69, 9.17) is 22.1 Å². The molecular formula is C16H24BrClN2O. The predicted molar refractivity (Wildman–Crippen MR) is 91.7 cm³/mol. The minimum atomic E-state index is 0.198. The maximum absolute atomic E-state index is 6.10. The van der Waals surface area contributed by atoms with Crippen molar-refractivity contribution in [3.05, 3.63) is 33.3 Å². The highest BCUT2D eigenvalue weighted by molar-refractivity contribution is 9.10. The third-order valence-electron chi connectivity index (χ3n) is 4.33. The third-order valence-corrected chi connectivity index (χ3v) is 5.55. The van der Waals surface area contributed by atoms with Gasteiger partial charge in [0.05, 0.1) is 11.6 Å². The minimum Gasteiger partial charge on any atom is -0.383 e. The van der Waals surface area contributed by atoms with Crippen LogP contribution in [-0.2, 0) is 4.74 Å². The summed E-state index contributed by atoms with van der Waals surface area (Å²) in [5.41, 5.74) is 7.30. The highest BCUT2D eigenvalue weighted by atomic mass is 79.9. The Kier molecular flexibility index (Phi) is 6.51. The van der Waals surface area contributed by atoms with E-state index >= 15 is 0 Å². The average Bonchev–Trinajstić information content (AvgIpc) is 3.30. The lowest BCUT2D eigenvalue weighted by Crippen LogP contribution is -2.43. The Labute approximate surface area is 140 Å². The molecule has 0 bridgehead atoms. The monoisotopic (exact) mass is 374 g/mol. The molecule has 0 aliphatic heterocycles. The molecule has 1 saturated carbocycles. The summed E-state index contributed by atoms with van der Waals surface area (Å²) in [6.45, 7) is 4.52. The lowest BCUT2D eigenvalue weighted by Gasteiger charge is -2.36. The number of nitrogens with two attached hydrogens (primary N) is 1. The van der Waals surface area contributed by atoms with Gasteiger partial charge in [0, 0.05) is 36.8 Å². The van der Waals surface area contributed by atoms with Gasteiger partial charge in [-0.1, -0.05) is 17.7 Å². The Morgan fingerprint density at radius 2 is 2.19 bits per heavy atom. The van der Waals surface area contributed by atoms with Crippen LogP contribution in [0.5, 0.6) is 0 Å². The van der Waals surface area contributed by atoms with Gasteiger partial charge in [0.15, 0.2) is 0 Å². The Morgan fingerprint density at radius 1 is 1.48 bits per heavy atom. The molecule has 118 valence electrons. The van der Waals surface area contributed by atoms with Crippen LogP contribution in [0.15, 0.2) is 22.7 Å². The van der Waals surface area contributed by atoms with Crippen LogP contribution in [0.4, 0.5) is 0 Å². The van der Waals surface area contributed by atoms with Crippen LogP contribution in [-0.4, -0.2) is 37.7 Å². The van der Waals surface area contributed by atoms with E-state index < -0.39 is 0 Å². The van der Waals surface area contributed by atoms with E-state index in [1.54, 1.807) is 7.11 Å². The van der Waals surface area contributed by atoms with Crippen molar-refractivity contribution in [2.24, 2.45) is 11.7 Å². The molecule has 0 radical (unpaired) electrons. The quantitative estimate of drug-likeness (QED) is 0.750. The number of hydrogen-bond donors (Lipinski definition) is 1. The second-order valence-electron chi connectivity index (χ2n) is 5.73. The molecule has 0 aromatic heterocycles. The van der Waals surface area contributed by atoms with Gasteiger partial charge in [-0.3, -0.25) is 4.90 Å². The molecule has 2 atom stereocenters. The molecule has 3 nitrogen and oxygen atoms in total. The summed E-state index contributed by atoms with van der Waals surface area (Å²) >= 11 is 9.61. The Balaban J connectivity index is 2.22. The van der Waals surface area contributed by atoms with Crippen LogP contribution >= 0.6 is 27.5 Å². The molecular weight excluding hydrogens is 352 g/mol. The van der Waals surface area contributed by atoms with E-state index in [1.807, 2.05) is 6.07 Å². The van der Waals surface area contributed by atoms with Crippen molar-refractivity contribution >= 4 is 27.5 Å². The number of methoxy groups -OCH3 is 1. The highest BCUT2D eigenvalue weighted by Gasteiger charge is 2.35. The zero-order chi connectivity index (χ0) is 15.4. The summed E-state index contributed by atoms with van der Waals surface area (Å²) in [5.74, 6) is 0.798. The minimum absolute atomic E-state index is 0.198. The van der Waals surface area contributed by atoms with Crippen LogP contribution in [0.2, 0.25) is 5.02 Å². The first kappa shape index (κ1) is 17.2. The molecule has 1 aromatic carbocycles. The number of nitrogens with zero attached hydrogens (tertiary/aromatic N) is 1.